The van der Waals surface area contributed by atoms with Crippen molar-refractivity contribution in [1.82, 2.24) is 5.01 Å². The number of nitrogens with zero attached hydrogens (tertiary/aromatic N) is 3. The third-order valence-corrected chi connectivity index (χ3v) is 7.25. The maximum Gasteiger partial charge on any atom is 0.240 e. The van der Waals surface area contributed by atoms with Crippen LogP contribution in [0.15, 0.2) is 77.9 Å². The zero-order valence-electron chi connectivity index (χ0n) is 19.7. The van der Waals surface area contributed by atoms with E-state index in [0.717, 1.165) is 16.0 Å². The van der Waals surface area contributed by atoms with E-state index in [2.05, 4.69) is 5.10 Å². The third-order valence-electron chi connectivity index (χ3n) is 7.25. The summed E-state index contributed by atoms with van der Waals surface area (Å²) in [6.07, 6.45) is 1.69. The van der Waals surface area contributed by atoms with Gasteiger partial charge in [-0.1, -0.05) is 54.6 Å². The van der Waals surface area contributed by atoms with Crippen LogP contribution in [0.2, 0.25) is 0 Å². The number of fused-ring (bicyclic) bond motifs is 5. The summed E-state index contributed by atoms with van der Waals surface area (Å²) in [6, 6.07) is 19.9. The molecule has 0 saturated carbocycles. The molecule has 0 N–H and O–H groups in total. The van der Waals surface area contributed by atoms with E-state index in [-0.39, 0.29) is 11.7 Å². The Balaban J connectivity index is 1.51. The topological polar surface area (TPSA) is 88.5 Å². The fourth-order valence-corrected chi connectivity index (χ4v) is 5.65. The number of benzene rings is 3. The standard InChI is InChI=1S/C28H23N3O5/c1-35-18-12-13-21(36-2)20(14-18)30-27(33)22-23(28(30)34)25(26(32)16-8-4-3-5-9-16)31-24(22)19-11-7-6-10-17(19)15-29-31/h3-15,22-25H,1-2H3. The molecule has 36 heavy (non-hydrogen) atoms. The number of carbonyl (C=O) groups is 3. The van der Waals surface area contributed by atoms with Crippen molar-refractivity contribution in [3.05, 3.63) is 89.5 Å². The Bertz CT molecular complexity index is 1420. The monoisotopic (exact) mass is 481 g/mol. The van der Waals surface area contributed by atoms with E-state index in [4.69, 9.17) is 9.47 Å². The molecule has 8 nitrogen and oxygen atoms in total. The average molecular weight is 482 g/mol. The first-order chi connectivity index (χ1) is 17.5. The van der Waals surface area contributed by atoms with E-state index in [0.29, 0.717) is 22.7 Å². The highest BCUT2D eigenvalue weighted by atomic mass is 16.5. The van der Waals surface area contributed by atoms with Gasteiger partial charge in [0, 0.05) is 11.6 Å². The fraction of sp³-hybridized carbons (Fsp3) is 0.214. The van der Waals surface area contributed by atoms with Gasteiger partial charge < -0.3 is 9.47 Å². The van der Waals surface area contributed by atoms with Gasteiger partial charge in [-0.2, -0.15) is 5.10 Å². The molecule has 0 radical (unpaired) electrons. The van der Waals surface area contributed by atoms with Crippen LogP contribution in [-0.2, 0) is 9.59 Å². The van der Waals surface area contributed by atoms with Gasteiger partial charge in [-0.25, -0.2) is 4.90 Å². The minimum absolute atomic E-state index is 0.245. The molecule has 3 aromatic carbocycles. The summed E-state index contributed by atoms with van der Waals surface area (Å²) in [5.74, 6) is -1.93. The number of carbonyl (C=O) groups excluding carboxylic acids is 3. The smallest absolute Gasteiger partial charge is 0.240 e. The molecule has 3 heterocycles. The lowest BCUT2D eigenvalue weighted by Gasteiger charge is -2.34. The SMILES string of the molecule is COc1ccc(OC)c(N2C(=O)C3C(C2=O)C2c4ccccc4C=NN2C3C(=O)c2ccccc2)c1. The Morgan fingerprint density at radius 3 is 2.33 bits per heavy atom. The lowest BCUT2D eigenvalue weighted by molar-refractivity contribution is -0.124. The van der Waals surface area contributed by atoms with Gasteiger partial charge in [-0.05, 0) is 23.3 Å². The number of anilines is 1. The van der Waals surface area contributed by atoms with Crippen molar-refractivity contribution in [3.8, 4) is 11.5 Å². The summed E-state index contributed by atoms with van der Waals surface area (Å²) in [5.41, 5.74) is 2.49. The van der Waals surface area contributed by atoms with Crippen molar-refractivity contribution >= 4 is 29.5 Å². The van der Waals surface area contributed by atoms with Crippen LogP contribution in [0, 0.1) is 11.8 Å². The van der Waals surface area contributed by atoms with Gasteiger partial charge in [0.15, 0.2) is 5.78 Å². The maximum atomic E-state index is 14.1. The summed E-state index contributed by atoms with van der Waals surface area (Å²) in [4.78, 5) is 43.1. The van der Waals surface area contributed by atoms with Crippen LogP contribution in [0.1, 0.15) is 27.5 Å². The highest BCUT2D eigenvalue weighted by molar-refractivity contribution is 6.25. The molecule has 0 bridgehead atoms. The Hall–Kier alpha value is -4.46. The number of hydrogen-bond acceptors (Lipinski definition) is 7. The molecular weight excluding hydrogens is 458 g/mol. The lowest BCUT2D eigenvalue weighted by atomic mass is 9.83. The molecule has 3 aliphatic heterocycles. The number of amides is 2. The van der Waals surface area contributed by atoms with Crippen LogP contribution in [0.4, 0.5) is 5.69 Å². The van der Waals surface area contributed by atoms with Crippen molar-refractivity contribution < 1.29 is 23.9 Å². The number of imide groups is 1. The number of hydrazone groups is 1. The van der Waals surface area contributed by atoms with Gasteiger partial charge in [-0.15, -0.1) is 0 Å². The Labute approximate surface area is 207 Å². The Kier molecular flexibility index (Phi) is 5.10. The average Bonchev–Trinajstić information content (AvgIpc) is 3.40. The van der Waals surface area contributed by atoms with Gasteiger partial charge in [0.1, 0.15) is 17.5 Å². The van der Waals surface area contributed by atoms with Gasteiger partial charge in [0.05, 0.1) is 44.0 Å². The van der Waals surface area contributed by atoms with Crippen LogP contribution in [-0.4, -0.2) is 49.1 Å². The zero-order valence-corrected chi connectivity index (χ0v) is 19.7. The van der Waals surface area contributed by atoms with E-state index < -0.39 is 29.8 Å². The van der Waals surface area contributed by atoms with Crippen molar-refractivity contribution in [2.45, 2.75) is 12.1 Å². The molecule has 2 saturated heterocycles. The molecule has 4 atom stereocenters. The van der Waals surface area contributed by atoms with Crippen molar-refractivity contribution in [2.24, 2.45) is 16.9 Å². The van der Waals surface area contributed by atoms with Gasteiger partial charge >= 0.3 is 0 Å². The second-order valence-electron chi connectivity index (χ2n) is 8.97. The van der Waals surface area contributed by atoms with Gasteiger partial charge in [0.25, 0.3) is 0 Å². The van der Waals surface area contributed by atoms with E-state index in [1.165, 1.54) is 14.2 Å². The number of ether oxygens (including phenoxy) is 2. The Morgan fingerprint density at radius 2 is 1.58 bits per heavy atom. The number of ketones is 1. The quantitative estimate of drug-likeness (QED) is 0.410. The first-order valence-electron chi connectivity index (χ1n) is 11.7. The molecule has 6 rings (SSSR count). The minimum Gasteiger partial charge on any atom is -0.497 e. The Morgan fingerprint density at radius 1 is 0.861 bits per heavy atom. The maximum absolute atomic E-state index is 14.1. The second-order valence-corrected chi connectivity index (χ2v) is 8.97. The number of rotatable bonds is 5. The predicted octanol–water partition coefficient (Wildman–Crippen LogP) is 3.47. The summed E-state index contributed by atoms with van der Waals surface area (Å²) in [7, 11) is 2.99. The molecule has 2 amide bonds. The normalized spacial score (nSPS) is 23.8. The molecule has 4 unspecified atom stereocenters. The van der Waals surface area contributed by atoms with E-state index in [9.17, 15) is 14.4 Å². The zero-order chi connectivity index (χ0) is 25.0. The van der Waals surface area contributed by atoms with Crippen molar-refractivity contribution in [3.63, 3.8) is 0 Å². The highest BCUT2D eigenvalue weighted by Crippen LogP contribution is 2.54. The fourth-order valence-electron chi connectivity index (χ4n) is 5.65. The third kappa shape index (κ3) is 3.07. The first kappa shape index (κ1) is 22.0. The second kappa shape index (κ2) is 8.34. The van der Waals surface area contributed by atoms with Crippen molar-refractivity contribution in [2.75, 3.05) is 19.1 Å². The van der Waals surface area contributed by atoms with Crippen LogP contribution in [0.5, 0.6) is 11.5 Å². The van der Waals surface area contributed by atoms with Crippen LogP contribution in [0.25, 0.3) is 0 Å². The highest BCUT2D eigenvalue weighted by Gasteiger charge is 2.65. The van der Waals surface area contributed by atoms with Gasteiger partial charge in [0.2, 0.25) is 11.8 Å². The molecule has 3 aliphatic rings. The van der Waals surface area contributed by atoms with Gasteiger partial charge in [-0.3, -0.25) is 19.4 Å². The molecule has 0 spiro atoms. The summed E-state index contributed by atoms with van der Waals surface area (Å²) in [6.45, 7) is 0. The predicted molar refractivity (Wildman–Crippen MR) is 132 cm³/mol. The molecule has 0 aliphatic carbocycles. The minimum atomic E-state index is -0.926. The summed E-state index contributed by atoms with van der Waals surface area (Å²) in [5, 5.41) is 6.25. The van der Waals surface area contributed by atoms with E-state index >= 15 is 0 Å². The van der Waals surface area contributed by atoms with E-state index in [1.807, 2.05) is 30.3 Å². The molecule has 0 aromatic heterocycles. The number of Topliss-reactive ketones (excluding diaryl/α,β-unsaturated/α-hetero) is 1. The van der Waals surface area contributed by atoms with E-state index in [1.54, 1.807) is 53.7 Å². The van der Waals surface area contributed by atoms with Crippen LogP contribution >= 0.6 is 0 Å². The number of hydrogen-bond donors (Lipinski definition) is 0. The lowest BCUT2D eigenvalue weighted by Crippen LogP contribution is -2.44. The van der Waals surface area contributed by atoms with Crippen molar-refractivity contribution in [1.29, 1.82) is 0 Å². The summed E-state index contributed by atoms with van der Waals surface area (Å²) >= 11 is 0. The largest absolute Gasteiger partial charge is 0.497 e. The van der Waals surface area contributed by atoms with Crippen LogP contribution in [0.3, 0.4) is 0 Å². The molecule has 180 valence electrons. The molecule has 8 heteroatoms. The summed E-state index contributed by atoms with van der Waals surface area (Å²) < 4.78 is 10.8. The molecular formula is C28H23N3O5. The van der Waals surface area contributed by atoms with Crippen LogP contribution < -0.4 is 14.4 Å². The first-order valence-corrected chi connectivity index (χ1v) is 11.7. The molecule has 2 fully saturated rings. The molecule has 3 aromatic rings. The number of methoxy groups -OCH3 is 2.